The molecule has 0 aliphatic carbocycles. The average molecular weight is 561 g/mol. The summed E-state index contributed by atoms with van der Waals surface area (Å²) < 4.78 is 37.8. The second-order valence-electron chi connectivity index (χ2n) is 7.89. The Balaban J connectivity index is 1.75. The van der Waals surface area contributed by atoms with Crippen molar-refractivity contribution in [3.05, 3.63) is 76.6 Å². The number of sulfonamides is 1. The molecule has 0 atom stereocenters. The Morgan fingerprint density at radius 3 is 2.49 bits per heavy atom. The number of amides is 1. The molecule has 2 aromatic carbocycles. The lowest BCUT2D eigenvalue weighted by atomic mass is 10.0. The van der Waals surface area contributed by atoms with Crippen LogP contribution in [0.1, 0.15) is 18.9 Å². The summed E-state index contributed by atoms with van der Waals surface area (Å²) in [6.45, 7) is 3.60. The number of anilines is 3. The number of methoxy groups -OCH3 is 1. The van der Waals surface area contributed by atoms with Gasteiger partial charge in [-0.15, -0.1) is 0 Å². The number of hydrogen-bond donors (Lipinski definition) is 1. The van der Waals surface area contributed by atoms with E-state index in [2.05, 4.69) is 19.4 Å². The van der Waals surface area contributed by atoms with Crippen LogP contribution >= 0.6 is 23.2 Å². The van der Waals surface area contributed by atoms with Crippen LogP contribution in [0.25, 0.3) is 11.1 Å². The summed E-state index contributed by atoms with van der Waals surface area (Å²) in [7, 11) is -2.50. The van der Waals surface area contributed by atoms with Crippen LogP contribution in [-0.2, 0) is 14.8 Å². The highest BCUT2D eigenvalue weighted by Crippen LogP contribution is 2.42. The third-order valence-electron chi connectivity index (χ3n) is 5.48. The number of hydrogen-bond acceptors (Lipinski definition) is 7. The Morgan fingerprint density at radius 1 is 1.11 bits per heavy atom. The highest BCUT2D eigenvalue weighted by molar-refractivity contribution is 7.92. The van der Waals surface area contributed by atoms with Gasteiger partial charge in [0.05, 0.1) is 17.8 Å². The average Bonchev–Trinajstić information content (AvgIpc) is 3.38. The fraction of sp³-hybridized carbons (Fsp3) is 0.160. The Morgan fingerprint density at radius 2 is 1.89 bits per heavy atom. The van der Waals surface area contributed by atoms with E-state index in [4.69, 9.17) is 27.9 Å². The number of benzene rings is 2. The fourth-order valence-corrected chi connectivity index (χ4v) is 4.92. The lowest BCUT2D eigenvalue weighted by Gasteiger charge is -2.24. The molecule has 12 heteroatoms. The molecule has 192 valence electrons. The topological polar surface area (TPSA) is 115 Å². The monoisotopic (exact) mass is 560 g/mol. The van der Waals surface area contributed by atoms with Crippen molar-refractivity contribution in [1.82, 2.24) is 10.1 Å². The largest absolute Gasteiger partial charge is 0.495 e. The SMILES string of the molecule is CCC(=O)N(c1ccc(S(=O)(=O)Nc2ccon2)cn1)c1cc(Cl)c(-c2ccc(C)c(Cl)c2)cc1OC. The first kappa shape index (κ1) is 26.5. The molecule has 0 saturated carbocycles. The second-order valence-corrected chi connectivity index (χ2v) is 10.4. The van der Waals surface area contributed by atoms with E-state index in [1.54, 1.807) is 25.1 Å². The summed E-state index contributed by atoms with van der Waals surface area (Å²) in [6, 6.07) is 13.0. The molecule has 37 heavy (non-hydrogen) atoms. The minimum Gasteiger partial charge on any atom is -0.495 e. The van der Waals surface area contributed by atoms with Crippen molar-refractivity contribution in [3.8, 4) is 16.9 Å². The number of aryl methyl sites for hydroxylation is 1. The minimum absolute atomic E-state index is 0.0289. The van der Waals surface area contributed by atoms with Gasteiger partial charge in [-0.05, 0) is 48.4 Å². The van der Waals surface area contributed by atoms with Gasteiger partial charge in [-0.3, -0.25) is 14.4 Å². The van der Waals surface area contributed by atoms with E-state index in [9.17, 15) is 13.2 Å². The number of rotatable bonds is 8. The van der Waals surface area contributed by atoms with E-state index < -0.39 is 10.0 Å². The zero-order valence-electron chi connectivity index (χ0n) is 20.0. The normalized spacial score (nSPS) is 11.3. The Hall–Kier alpha value is -3.60. The summed E-state index contributed by atoms with van der Waals surface area (Å²) in [4.78, 5) is 18.5. The quantitative estimate of drug-likeness (QED) is 0.271. The number of carbonyl (C=O) groups excluding carboxylic acids is 1. The maximum atomic E-state index is 13.0. The van der Waals surface area contributed by atoms with Crippen LogP contribution in [0.2, 0.25) is 10.0 Å². The molecule has 9 nitrogen and oxygen atoms in total. The Kier molecular flexibility index (Phi) is 7.72. The Labute approximate surface area is 224 Å². The van der Waals surface area contributed by atoms with Crippen molar-refractivity contribution >= 4 is 56.5 Å². The summed E-state index contributed by atoms with van der Waals surface area (Å²) >= 11 is 13.0. The number of halogens is 2. The van der Waals surface area contributed by atoms with Gasteiger partial charge in [0.15, 0.2) is 5.82 Å². The molecule has 2 aromatic heterocycles. The van der Waals surface area contributed by atoms with E-state index in [0.29, 0.717) is 27.0 Å². The van der Waals surface area contributed by atoms with Gasteiger partial charge in [0.2, 0.25) is 5.91 Å². The van der Waals surface area contributed by atoms with E-state index in [-0.39, 0.29) is 28.9 Å². The molecule has 0 fully saturated rings. The van der Waals surface area contributed by atoms with E-state index in [1.165, 1.54) is 36.5 Å². The molecule has 0 aliphatic rings. The van der Waals surface area contributed by atoms with Crippen molar-refractivity contribution in [2.45, 2.75) is 25.2 Å². The number of aromatic nitrogens is 2. The predicted molar refractivity (Wildman–Crippen MR) is 142 cm³/mol. The van der Waals surface area contributed by atoms with Crippen molar-refractivity contribution < 1.29 is 22.5 Å². The lowest BCUT2D eigenvalue weighted by Crippen LogP contribution is -2.26. The van der Waals surface area contributed by atoms with Gasteiger partial charge in [0.1, 0.15) is 22.7 Å². The number of carbonyl (C=O) groups is 1. The molecule has 1 N–H and O–H groups in total. The molecule has 2 heterocycles. The first-order valence-electron chi connectivity index (χ1n) is 11.0. The van der Waals surface area contributed by atoms with Gasteiger partial charge in [-0.2, -0.15) is 0 Å². The van der Waals surface area contributed by atoms with E-state index in [1.807, 2.05) is 19.1 Å². The highest BCUT2D eigenvalue weighted by Gasteiger charge is 2.25. The third-order valence-corrected chi connectivity index (χ3v) is 7.54. The first-order valence-corrected chi connectivity index (χ1v) is 13.2. The molecule has 0 aliphatic heterocycles. The minimum atomic E-state index is -3.97. The maximum absolute atomic E-state index is 13.0. The van der Waals surface area contributed by atoms with Gasteiger partial charge in [0, 0.05) is 29.3 Å². The summed E-state index contributed by atoms with van der Waals surface area (Å²) in [5, 5.41) is 4.50. The van der Waals surface area contributed by atoms with Crippen LogP contribution in [0.5, 0.6) is 5.75 Å². The molecule has 0 unspecified atom stereocenters. The molecule has 0 spiro atoms. The fourth-order valence-electron chi connectivity index (χ4n) is 3.53. The van der Waals surface area contributed by atoms with Crippen LogP contribution < -0.4 is 14.4 Å². The zero-order valence-corrected chi connectivity index (χ0v) is 22.4. The van der Waals surface area contributed by atoms with Crippen LogP contribution in [0, 0.1) is 6.92 Å². The lowest BCUT2D eigenvalue weighted by molar-refractivity contribution is -0.117. The second kappa shape index (κ2) is 10.8. The van der Waals surface area contributed by atoms with Crippen molar-refractivity contribution in [2.75, 3.05) is 16.7 Å². The van der Waals surface area contributed by atoms with Crippen LogP contribution in [0.15, 0.2) is 70.4 Å². The smallest absolute Gasteiger partial charge is 0.264 e. The summed E-state index contributed by atoms with van der Waals surface area (Å²) in [5.74, 6) is 0.280. The van der Waals surface area contributed by atoms with Crippen LogP contribution in [-0.4, -0.2) is 31.6 Å². The number of ether oxygens (including phenoxy) is 1. The van der Waals surface area contributed by atoms with Crippen LogP contribution in [0.3, 0.4) is 0 Å². The van der Waals surface area contributed by atoms with Crippen molar-refractivity contribution in [3.63, 3.8) is 0 Å². The highest BCUT2D eigenvalue weighted by atomic mass is 35.5. The summed E-state index contributed by atoms with van der Waals surface area (Å²) in [5.41, 5.74) is 2.73. The van der Waals surface area contributed by atoms with Crippen LogP contribution in [0.4, 0.5) is 17.3 Å². The molecule has 0 radical (unpaired) electrons. The van der Waals surface area contributed by atoms with Gasteiger partial charge >= 0.3 is 0 Å². The molecular formula is C25H22Cl2N4O5S. The molecular weight excluding hydrogens is 539 g/mol. The molecule has 4 aromatic rings. The number of pyridine rings is 1. The number of nitrogens with one attached hydrogen (secondary N) is 1. The van der Waals surface area contributed by atoms with Crippen molar-refractivity contribution in [1.29, 1.82) is 0 Å². The standard InChI is InChI=1S/C25H22Cl2N4O5S/c1-4-25(32)31(24-8-7-17(14-28-24)37(33,34)30-23-9-10-36-29-23)21-13-20(27)18(12-22(21)35-3)16-6-5-15(2)19(26)11-16/h5-14H,4H2,1-3H3,(H,29,30). The van der Waals surface area contributed by atoms with E-state index >= 15 is 0 Å². The molecule has 4 rings (SSSR count). The molecule has 0 saturated heterocycles. The van der Waals surface area contributed by atoms with Gasteiger partial charge in [0.25, 0.3) is 10.0 Å². The first-order chi connectivity index (χ1) is 17.6. The predicted octanol–water partition coefficient (Wildman–Crippen LogP) is 6.24. The molecule has 1 amide bonds. The Bertz CT molecular complexity index is 1540. The molecule has 0 bridgehead atoms. The third kappa shape index (κ3) is 5.56. The van der Waals surface area contributed by atoms with Gasteiger partial charge < -0.3 is 9.26 Å². The van der Waals surface area contributed by atoms with Gasteiger partial charge in [-0.25, -0.2) is 13.4 Å². The summed E-state index contributed by atoms with van der Waals surface area (Å²) in [6.07, 6.45) is 2.53. The van der Waals surface area contributed by atoms with E-state index in [0.717, 1.165) is 17.3 Å². The van der Waals surface area contributed by atoms with Gasteiger partial charge in [-0.1, -0.05) is 47.4 Å². The maximum Gasteiger partial charge on any atom is 0.264 e. The number of nitrogens with zero attached hydrogens (tertiary/aromatic N) is 3. The van der Waals surface area contributed by atoms with Crippen molar-refractivity contribution in [2.24, 2.45) is 0 Å². The zero-order chi connectivity index (χ0) is 26.7.